The molecule has 3 nitrogen and oxygen atoms in total. The summed E-state index contributed by atoms with van der Waals surface area (Å²) in [6, 6.07) is 0. The maximum absolute atomic E-state index is 5.17. The zero-order valence-electron chi connectivity index (χ0n) is 3.24. The van der Waals surface area contributed by atoms with Gasteiger partial charge >= 0.3 is 66.4 Å². The van der Waals surface area contributed by atoms with Crippen molar-refractivity contribution in [1.82, 2.24) is 0 Å². The van der Waals surface area contributed by atoms with Crippen LogP contribution in [0.4, 0.5) is 0 Å². The van der Waals surface area contributed by atoms with Gasteiger partial charge in [-0.25, -0.2) is 0 Å². The van der Waals surface area contributed by atoms with Crippen molar-refractivity contribution in [3.8, 4) is 0 Å². The predicted molar refractivity (Wildman–Crippen MR) is 35.0 cm³/mol. The Labute approximate surface area is 66.6 Å². The van der Waals surface area contributed by atoms with Gasteiger partial charge in [0.15, 0.2) is 0 Å². The van der Waals surface area contributed by atoms with Crippen molar-refractivity contribution in [1.29, 1.82) is 0 Å². The number of halogens is 4. The average molecular weight is 222 g/mol. The third kappa shape index (κ3) is 2.85. The molecule has 0 heterocycles. The molecule has 0 rings (SSSR count). The predicted octanol–water partition coefficient (Wildman–Crippen LogP) is 3.15. The standard InChI is InChI=1S/Cl4HO3P/c1-5-8(4,6-2)7-3/h8H. The minimum atomic E-state index is -3.40. The third-order valence-corrected chi connectivity index (χ3v) is 4.06. The summed E-state index contributed by atoms with van der Waals surface area (Å²) in [5.74, 6) is 0. The molecule has 52 valence electrons. The van der Waals surface area contributed by atoms with E-state index in [1.807, 2.05) is 0 Å². The Balaban J connectivity index is 3.58. The minimum absolute atomic E-state index is 3.40. The van der Waals surface area contributed by atoms with Crippen LogP contribution >= 0.6 is 54.1 Å². The fraction of sp³-hybridized carbons (Fsp3) is 0. The van der Waals surface area contributed by atoms with Crippen LogP contribution in [0.5, 0.6) is 0 Å². The van der Waals surface area contributed by atoms with E-state index < -0.39 is 7.30 Å². The summed E-state index contributed by atoms with van der Waals surface area (Å²) in [5.41, 5.74) is 0. The van der Waals surface area contributed by atoms with E-state index >= 15 is 0 Å². The van der Waals surface area contributed by atoms with Gasteiger partial charge in [-0.05, 0) is 0 Å². The molecule has 0 fully saturated rings. The van der Waals surface area contributed by atoms with Gasteiger partial charge in [0.1, 0.15) is 0 Å². The SMILES string of the molecule is ClO[PH](Cl)(OCl)OCl. The molecule has 0 aromatic heterocycles. The number of hydrogen-bond acceptors (Lipinski definition) is 3. The molecule has 0 unspecified atom stereocenters. The number of rotatable bonds is 3. The Morgan fingerprint density at radius 3 is 1.12 bits per heavy atom. The van der Waals surface area contributed by atoms with E-state index in [1.165, 1.54) is 0 Å². The molecule has 0 spiro atoms. The second-order valence-corrected chi connectivity index (χ2v) is 4.92. The zero-order valence-corrected chi connectivity index (χ0v) is 7.26. The van der Waals surface area contributed by atoms with Crippen molar-refractivity contribution >= 4 is 54.1 Å². The molecule has 0 atom stereocenters. The molecule has 0 saturated heterocycles. The molecule has 0 aliphatic heterocycles. The normalized spacial score (nSPS) is 14.0. The van der Waals surface area contributed by atoms with Crippen molar-refractivity contribution in [2.75, 3.05) is 0 Å². The van der Waals surface area contributed by atoms with E-state index in [9.17, 15) is 0 Å². The molecule has 8 heteroatoms. The Kier molecular flexibility index (Phi) is 5.10. The molecule has 0 aromatic rings. The van der Waals surface area contributed by atoms with Crippen molar-refractivity contribution in [2.24, 2.45) is 0 Å². The summed E-state index contributed by atoms with van der Waals surface area (Å²) in [5, 5.41) is 0. The van der Waals surface area contributed by atoms with Crippen LogP contribution < -0.4 is 0 Å². The van der Waals surface area contributed by atoms with E-state index in [0.29, 0.717) is 0 Å². The Hall–Kier alpha value is 1.47. The van der Waals surface area contributed by atoms with Gasteiger partial charge in [0.25, 0.3) is 0 Å². The Bertz CT molecular complexity index is 54.0. The first-order valence-corrected chi connectivity index (χ1v) is 4.93. The van der Waals surface area contributed by atoms with Crippen LogP contribution in [-0.2, 0) is 12.2 Å². The van der Waals surface area contributed by atoms with Crippen molar-refractivity contribution in [2.45, 2.75) is 0 Å². The summed E-state index contributed by atoms with van der Waals surface area (Å²) < 4.78 is 11.7. The monoisotopic (exact) mass is 220 g/mol. The van der Waals surface area contributed by atoms with E-state index in [0.717, 1.165) is 0 Å². The fourth-order valence-corrected chi connectivity index (χ4v) is 0.964. The second-order valence-electron chi connectivity index (χ2n) is 0.713. The molecule has 0 bridgehead atoms. The molecule has 0 saturated carbocycles. The van der Waals surface area contributed by atoms with Crippen molar-refractivity contribution in [3.63, 3.8) is 0 Å². The van der Waals surface area contributed by atoms with Crippen molar-refractivity contribution < 1.29 is 12.2 Å². The topological polar surface area (TPSA) is 27.7 Å². The van der Waals surface area contributed by atoms with Gasteiger partial charge in [-0.15, -0.1) is 0 Å². The summed E-state index contributed by atoms with van der Waals surface area (Å²) in [7, 11) is -3.40. The summed E-state index contributed by atoms with van der Waals surface area (Å²) in [4.78, 5) is 0. The second kappa shape index (κ2) is 4.31. The van der Waals surface area contributed by atoms with E-state index in [2.05, 4.69) is 12.2 Å². The van der Waals surface area contributed by atoms with Gasteiger partial charge < -0.3 is 0 Å². The van der Waals surface area contributed by atoms with E-state index in [-0.39, 0.29) is 0 Å². The molecule has 0 aliphatic carbocycles. The fourth-order valence-electron chi connectivity index (χ4n) is 0.0357. The van der Waals surface area contributed by atoms with Crippen molar-refractivity contribution in [3.05, 3.63) is 0 Å². The molecule has 0 aromatic carbocycles. The summed E-state index contributed by atoms with van der Waals surface area (Å²) >= 11 is 19.3. The van der Waals surface area contributed by atoms with Gasteiger partial charge in [-0.1, -0.05) is 0 Å². The maximum atomic E-state index is 5.17. The Morgan fingerprint density at radius 2 is 1.12 bits per heavy atom. The van der Waals surface area contributed by atoms with Crippen LogP contribution in [-0.4, -0.2) is 0 Å². The van der Waals surface area contributed by atoms with Gasteiger partial charge in [-0.3, -0.25) is 0 Å². The van der Waals surface area contributed by atoms with Crippen LogP contribution in [0, 0.1) is 0 Å². The number of hydrogen-bond donors (Lipinski definition) is 0. The van der Waals surface area contributed by atoms with Crippen LogP contribution in [0.15, 0.2) is 0 Å². The third-order valence-electron chi connectivity index (χ3n) is 0.276. The first kappa shape index (κ1) is 9.47. The Morgan fingerprint density at radius 1 is 0.875 bits per heavy atom. The van der Waals surface area contributed by atoms with Crippen LogP contribution in [0.3, 0.4) is 0 Å². The molecular formula is HCl4O3P. The molecule has 8 heavy (non-hydrogen) atoms. The van der Waals surface area contributed by atoms with Gasteiger partial charge in [0.2, 0.25) is 0 Å². The van der Waals surface area contributed by atoms with Gasteiger partial charge in [0, 0.05) is 0 Å². The van der Waals surface area contributed by atoms with Gasteiger partial charge in [-0.2, -0.15) is 0 Å². The zero-order chi connectivity index (χ0) is 6.62. The first-order chi connectivity index (χ1) is 3.68. The molecular weight excluding hydrogens is 221 g/mol. The van der Waals surface area contributed by atoms with E-state index in [4.69, 9.17) is 46.8 Å². The van der Waals surface area contributed by atoms with Crippen LogP contribution in [0.2, 0.25) is 0 Å². The summed E-state index contributed by atoms with van der Waals surface area (Å²) in [6.45, 7) is 0. The van der Waals surface area contributed by atoms with Gasteiger partial charge in [0.05, 0.1) is 0 Å². The molecule has 0 radical (unpaired) electrons. The molecule has 0 amide bonds. The molecule has 0 aliphatic rings. The molecule has 0 N–H and O–H groups in total. The quantitative estimate of drug-likeness (QED) is 0.686. The summed E-state index contributed by atoms with van der Waals surface area (Å²) in [6.07, 6.45) is 0. The van der Waals surface area contributed by atoms with Crippen LogP contribution in [0.1, 0.15) is 0 Å². The average Bonchev–Trinajstić information content (AvgIpc) is 1.87. The first-order valence-electron chi connectivity index (χ1n) is 1.26. The van der Waals surface area contributed by atoms with E-state index in [1.54, 1.807) is 0 Å². The van der Waals surface area contributed by atoms with Crippen LogP contribution in [0.25, 0.3) is 0 Å².